The summed E-state index contributed by atoms with van der Waals surface area (Å²) in [6, 6.07) is 14.4. The van der Waals surface area contributed by atoms with E-state index in [1.165, 1.54) is 6.20 Å². The Balaban J connectivity index is 1.39. The monoisotopic (exact) mass is 506 g/mol. The Bertz CT molecular complexity index is 1450. The average Bonchev–Trinajstić information content (AvgIpc) is 3.40. The molecule has 0 saturated carbocycles. The minimum atomic E-state index is -3.42. The molecule has 0 spiro atoms. The molecular weight excluding hydrogens is 480 g/mol. The number of nitrogens with one attached hydrogen (secondary N) is 1. The van der Waals surface area contributed by atoms with Gasteiger partial charge in [0.15, 0.2) is 21.3 Å². The van der Waals surface area contributed by atoms with Crippen LogP contribution in [0.3, 0.4) is 0 Å². The van der Waals surface area contributed by atoms with Gasteiger partial charge in [-0.15, -0.1) is 10.2 Å². The van der Waals surface area contributed by atoms with E-state index < -0.39 is 15.1 Å². The van der Waals surface area contributed by atoms with Crippen LogP contribution in [0, 0.1) is 0 Å². The van der Waals surface area contributed by atoms with E-state index in [1.807, 2.05) is 31.3 Å². The molecule has 186 valence electrons. The normalized spacial score (nSPS) is 14.7. The van der Waals surface area contributed by atoms with Gasteiger partial charge < -0.3 is 20.2 Å². The van der Waals surface area contributed by atoms with E-state index in [0.29, 0.717) is 43.2 Å². The molecule has 3 heterocycles. The van der Waals surface area contributed by atoms with Crippen molar-refractivity contribution in [2.45, 2.75) is 29.5 Å². The van der Waals surface area contributed by atoms with Crippen LogP contribution in [-0.4, -0.2) is 54.1 Å². The lowest BCUT2D eigenvalue weighted by molar-refractivity contribution is 0.0983. The van der Waals surface area contributed by atoms with Gasteiger partial charge in [0.2, 0.25) is 5.89 Å². The van der Waals surface area contributed by atoms with Crippen molar-refractivity contribution in [2.24, 2.45) is 0 Å². The summed E-state index contributed by atoms with van der Waals surface area (Å²) in [5, 5.41) is 10.9. The molecule has 0 bridgehead atoms. The smallest absolute Gasteiger partial charge is 0.270 e. The van der Waals surface area contributed by atoms with Gasteiger partial charge in [-0.3, -0.25) is 0 Å². The largest absolute Gasteiger partial charge is 0.414 e. The fraction of sp³-hybridized carbons (Fsp3) is 0.280. The van der Waals surface area contributed by atoms with Crippen molar-refractivity contribution in [1.29, 1.82) is 0 Å². The molecule has 2 aromatic carbocycles. The van der Waals surface area contributed by atoms with Crippen LogP contribution in [0.25, 0.3) is 34.3 Å². The third-order valence-corrected chi connectivity index (χ3v) is 8.37. The summed E-state index contributed by atoms with van der Waals surface area (Å²) < 4.78 is 37.1. The fourth-order valence-corrected chi connectivity index (χ4v) is 5.81. The predicted octanol–water partition coefficient (Wildman–Crippen LogP) is 3.11. The van der Waals surface area contributed by atoms with Gasteiger partial charge >= 0.3 is 0 Å². The highest BCUT2D eigenvalue weighted by Crippen LogP contribution is 2.29. The highest BCUT2D eigenvalue weighted by molar-refractivity contribution is 7.92. The van der Waals surface area contributed by atoms with E-state index in [0.717, 1.165) is 17.7 Å². The summed E-state index contributed by atoms with van der Waals surface area (Å²) >= 11 is 0. The van der Waals surface area contributed by atoms with Gasteiger partial charge in [0.05, 0.1) is 22.0 Å². The van der Waals surface area contributed by atoms with E-state index in [2.05, 4.69) is 25.5 Å². The van der Waals surface area contributed by atoms with Crippen molar-refractivity contribution in [3.05, 3.63) is 60.3 Å². The molecule has 0 aliphatic carbocycles. The molecule has 0 radical (unpaired) electrons. The quantitative estimate of drug-likeness (QED) is 0.383. The number of rotatable bonds is 7. The number of ether oxygens (including phenoxy) is 1. The number of aromatic nitrogens is 4. The Morgan fingerprint density at radius 1 is 0.972 bits per heavy atom. The molecule has 5 rings (SSSR count). The number of sulfone groups is 1. The van der Waals surface area contributed by atoms with Gasteiger partial charge in [0.1, 0.15) is 0 Å². The summed E-state index contributed by atoms with van der Waals surface area (Å²) in [6.07, 6.45) is 2.53. The zero-order chi connectivity index (χ0) is 25.1. The molecule has 4 aromatic rings. The summed E-state index contributed by atoms with van der Waals surface area (Å²) in [7, 11) is -1.53. The standard InChI is InChI=1S/C25H26N6O4S/c1-27-14-16-2-4-18(5-3-16)24-30-31-25(35-24)22-23(26)28-15-21(29-22)17-6-8-19(9-7-17)36(32,33)20-10-12-34-13-11-20/h2-9,15,20,27H,10-14H2,1H3,(H2,26,28). The topological polar surface area (TPSA) is 146 Å². The molecule has 1 aliphatic rings. The first-order valence-electron chi connectivity index (χ1n) is 11.6. The van der Waals surface area contributed by atoms with Crippen molar-refractivity contribution in [1.82, 2.24) is 25.5 Å². The summed E-state index contributed by atoms with van der Waals surface area (Å²) in [4.78, 5) is 9.10. The maximum Gasteiger partial charge on any atom is 0.270 e. The lowest BCUT2D eigenvalue weighted by Gasteiger charge is -2.22. The molecule has 1 saturated heterocycles. The molecule has 3 N–H and O–H groups in total. The predicted molar refractivity (Wildman–Crippen MR) is 134 cm³/mol. The maximum atomic E-state index is 13.0. The van der Waals surface area contributed by atoms with Crippen molar-refractivity contribution < 1.29 is 17.6 Å². The lowest BCUT2D eigenvalue weighted by atomic mass is 10.1. The first kappa shape index (κ1) is 24.0. The first-order valence-corrected chi connectivity index (χ1v) is 13.1. The number of hydrogen-bond donors (Lipinski definition) is 2. The van der Waals surface area contributed by atoms with Crippen molar-refractivity contribution >= 4 is 15.7 Å². The van der Waals surface area contributed by atoms with Gasteiger partial charge in [0.25, 0.3) is 5.89 Å². The second-order valence-corrected chi connectivity index (χ2v) is 10.7. The van der Waals surface area contributed by atoms with E-state index in [-0.39, 0.29) is 22.3 Å². The van der Waals surface area contributed by atoms with Crippen LogP contribution in [0.2, 0.25) is 0 Å². The number of nitrogens with two attached hydrogens (primary N) is 1. The molecule has 10 nitrogen and oxygen atoms in total. The van der Waals surface area contributed by atoms with Crippen molar-refractivity contribution in [3.63, 3.8) is 0 Å². The zero-order valence-electron chi connectivity index (χ0n) is 19.7. The number of anilines is 1. The van der Waals surface area contributed by atoms with Crippen LogP contribution in [0.5, 0.6) is 0 Å². The highest BCUT2D eigenvalue weighted by atomic mass is 32.2. The molecule has 11 heteroatoms. The Labute approximate surface area is 208 Å². The Hall–Kier alpha value is -3.67. The minimum absolute atomic E-state index is 0.148. The highest BCUT2D eigenvalue weighted by Gasteiger charge is 2.29. The van der Waals surface area contributed by atoms with E-state index >= 15 is 0 Å². The van der Waals surface area contributed by atoms with Crippen LogP contribution in [0.15, 0.2) is 64.0 Å². The third-order valence-electron chi connectivity index (χ3n) is 6.10. The van der Waals surface area contributed by atoms with Gasteiger partial charge in [-0.1, -0.05) is 24.3 Å². The van der Waals surface area contributed by atoms with E-state index in [1.54, 1.807) is 24.3 Å². The minimum Gasteiger partial charge on any atom is -0.414 e. The SMILES string of the molecule is CNCc1ccc(-c2nnc(-c3nc(-c4ccc(S(=O)(=O)C5CCOCC5)cc4)cnc3N)o2)cc1. The second-order valence-electron chi connectivity index (χ2n) is 8.51. The van der Waals surface area contributed by atoms with Gasteiger partial charge in [0, 0.05) is 30.9 Å². The van der Waals surface area contributed by atoms with E-state index in [9.17, 15) is 8.42 Å². The van der Waals surface area contributed by atoms with Crippen molar-refractivity contribution in [2.75, 3.05) is 26.0 Å². The Morgan fingerprint density at radius 3 is 2.33 bits per heavy atom. The molecule has 0 unspecified atom stereocenters. The van der Waals surface area contributed by atoms with Gasteiger partial charge in [-0.25, -0.2) is 18.4 Å². The second kappa shape index (κ2) is 10.1. The van der Waals surface area contributed by atoms with E-state index in [4.69, 9.17) is 14.9 Å². The zero-order valence-corrected chi connectivity index (χ0v) is 20.5. The molecule has 36 heavy (non-hydrogen) atoms. The lowest BCUT2D eigenvalue weighted by Crippen LogP contribution is -2.28. The van der Waals surface area contributed by atoms with Crippen LogP contribution in [0.4, 0.5) is 5.82 Å². The Morgan fingerprint density at radius 2 is 1.64 bits per heavy atom. The van der Waals surface area contributed by atoms with Crippen LogP contribution in [-0.2, 0) is 21.1 Å². The van der Waals surface area contributed by atoms with Gasteiger partial charge in [-0.05, 0) is 49.7 Å². The number of hydrogen-bond acceptors (Lipinski definition) is 10. The number of nitrogens with zero attached hydrogens (tertiary/aromatic N) is 4. The van der Waals surface area contributed by atoms with Crippen LogP contribution in [0.1, 0.15) is 18.4 Å². The fourth-order valence-electron chi connectivity index (χ4n) is 4.09. The van der Waals surface area contributed by atoms with Crippen LogP contribution < -0.4 is 11.1 Å². The number of benzene rings is 2. The summed E-state index contributed by atoms with van der Waals surface area (Å²) in [5.74, 6) is 0.641. The summed E-state index contributed by atoms with van der Waals surface area (Å²) in [5.41, 5.74) is 9.43. The van der Waals surface area contributed by atoms with Crippen molar-refractivity contribution in [3.8, 4) is 34.3 Å². The molecular formula is C25H26N6O4S. The summed E-state index contributed by atoms with van der Waals surface area (Å²) in [6.45, 7) is 1.69. The number of nitrogen functional groups attached to an aromatic ring is 1. The molecule has 0 atom stereocenters. The average molecular weight is 507 g/mol. The molecule has 2 aromatic heterocycles. The van der Waals surface area contributed by atoms with Gasteiger partial charge in [-0.2, -0.15) is 0 Å². The maximum absolute atomic E-state index is 13.0. The first-order chi connectivity index (χ1) is 17.5. The Kier molecular flexibility index (Phi) is 6.77. The molecule has 0 amide bonds. The third kappa shape index (κ3) is 4.85. The van der Waals surface area contributed by atoms with Crippen LogP contribution >= 0.6 is 0 Å². The molecule has 1 fully saturated rings. The molecule has 1 aliphatic heterocycles.